The summed E-state index contributed by atoms with van der Waals surface area (Å²) in [5, 5.41) is 14.3. The molecule has 3 N–H and O–H groups in total. The fraction of sp³-hybridized carbons (Fsp3) is 0.333. The smallest absolute Gasteiger partial charge is 0.413 e. The molecule has 0 bridgehead atoms. The maximum atomic E-state index is 11.6. The Morgan fingerprint density at radius 3 is 2.61 bits per heavy atom. The first-order valence-corrected chi connectivity index (χ1v) is 5.66. The van der Waals surface area contributed by atoms with E-state index in [4.69, 9.17) is 9.84 Å². The number of hydrogen-bond donors (Lipinski definition) is 3. The van der Waals surface area contributed by atoms with Crippen molar-refractivity contribution >= 4 is 17.7 Å². The zero-order chi connectivity index (χ0) is 13.0. The number of carbonyl (C=O) groups excluding carboxylic acids is 1. The van der Waals surface area contributed by atoms with E-state index < -0.39 is 17.8 Å². The maximum Gasteiger partial charge on any atom is 0.413 e. The van der Waals surface area contributed by atoms with Crippen molar-refractivity contribution in [3.63, 3.8) is 0 Å². The number of para-hydroxylation sites is 1. The van der Waals surface area contributed by atoms with E-state index in [0.717, 1.165) is 0 Å². The second kappa shape index (κ2) is 5.05. The third kappa shape index (κ3) is 2.60. The highest BCUT2D eigenvalue weighted by Gasteiger charge is 2.45. The molecule has 1 aliphatic rings. The highest BCUT2D eigenvalue weighted by atomic mass is 16.6. The van der Waals surface area contributed by atoms with Gasteiger partial charge < -0.3 is 9.84 Å². The zero-order valence-corrected chi connectivity index (χ0v) is 9.68. The number of benzene rings is 1. The summed E-state index contributed by atoms with van der Waals surface area (Å²) >= 11 is 0. The molecule has 0 saturated carbocycles. The lowest BCUT2D eigenvalue weighted by Gasteiger charge is -2.24. The van der Waals surface area contributed by atoms with Crippen molar-refractivity contribution in [3.05, 3.63) is 30.3 Å². The summed E-state index contributed by atoms with van der Waals surface area (Å²) in [6, 6.07) is 8.72. The van der Waals surface area contributed by atoms with E-state index in [1.165, 1.54) is 0 Å². The fourth-order valence-corrected chi connectivity index (χ4v) is 1.85. The van der Waals surface area contributed by atoms with Crippen LogP contribution in [0.2, 0.25) is 0 Å². The van der Waals surface area contributed by atoms with E-state index >= 15 is 0 Å². The monoisotopic (exact) mass is 250 g/mol. The van der Waals surface area contributed by atoms with Crippen molar-refractivity contribution in [1.29, 1.82) is 0 Å². The van der Waals surface area contributed by atoms with Gasteiger partial charge in [-0.3, -0.25) is 10.6 Å². The lowest BCUT2D eigenvalue weighted by Crippen LogP contribution is -2.51. The summed E-state index contributed by atoms with van der Waals surface area (Å²) in [7, 11) is 0. The largest absolute Gasteiger partial charge is 0.477 e. The Labute approximate surface area is 104 Å². The van der Waals surface area contributed by atoms with Crippen LogP contribution in [0.4, 0.5) is 10.5 Å². The van der Waals surface area contributed by atoms with Crippen LogP contribution in [0.1, 0.15) is 12.8 Å². The minimum absolute atomic E-state index is 0.268. The minimum Gasteiger partial charge on any atom is -0.477 e. The van der Waals surface area contributed by atoms with E-state index in [1.807, 2.05) is 6.07 Å². The van der Waals surface area contributed by atoms with E-state index in [2.05, 4.69) is 10.6 Å². The van der Waals surface area contributed by atoms with Gasteiger partial charge in [0.05, 0.1) is 0 Å². The molecule has 2 rings (SSSR count). The molecule has 6 nitrogen and oxygen atoms in total. The Bertz CT molecular complexity index is 441. The predicted octanol–water partition coefficient (Wildman–Crippen LogP) is 1.40. The molecule has 0 radical (unpaired) electrons. The minimum atomic E-state index is -1.60. The molecule has 0 aromatic heterocycles. The highest BCUT2D eigenvalue weighted by molar-refractivity contribution is 5.88. The summed E-state index contributed by atoms with van der Waals surface area (Å²) in [6.45, 7) is 0.519. The Morgan fingerprint density at radius 1 is 1.33 bits per heavy atom. The van der Waals surface area contributed by atoms with Crippen molar-refractivity contribution in [2.75, 3.05) is 11.9 Å². The van der Waals surface area contributed by atoms with Crippen LogP contribution < -0.4 is 10.6 Å². The van der Waals surface area contributed by atoms with Crippen molar-refractivity contribution in [2.45, 2.75) is 18.6 Å². The third-order valence-corrected chi connectivity index (χ3v) is 2.75. The van der Waals surface area contributed by atoms with Crippen LogP contribution in [0, 0.1) is 0 Å². The van der Waals surface area contributed by atoms with Crippen LogP contribution in [0.5, 0.6) is 0 Å². The Kier molecular flexibility index (Phi) is 3.47. The average Bonchev–Trinajstić information content (AvgIpc) is 2.80. The van der Waals surface area contributed by atoms with Gasteiger partial charge in [-0.05, 0) is 25.1 Å². The number of anilines is 1. The maximum absolute atomic E-state index is 11.6. The number of hydrogen-bond acceptors (Lipinski definition) is 4. The molecule has 1 heterocycles. The lowest BCUT2D eigenvalue weighted by molar-refractivity contribution is -0.160. The number of aliphatic carboxylic acids is 1. The van der Waals surface area contributed by atoms with Gasteiger partial charge in [0.2, 0.25) is 0 Å². The second-order valence-corrected chi connectivity index (χ2v) is 4.04. The fourth-order valence-electron chi connectivity index (χ4n) is 1.85. The van der Waals surface area contributed by atoms with Crippen LogP contribution in [-0.2, 0) is 9.53 Å². The van der Waals surface area contributed by atoms with Crippen LogP contribution in [0.25, 0.3) is 0 Å². The normalized spacial score (nSPS) is 22.4. The van der Waals surface area contributed by atoms with Gasteiger partial charge in [0.25, 0.3) is 5.72 Å². The molecule has 0 aliphatic carbocycles. The van der Waals surface area contributed by atoms with Gasteiger partial charge in [-0.15, -0.1) is 0 Å². The van der Waals surface area contributed by atoms with E-state index in [9.17, 15) is 9.59 Å². The zero-order valence-electron chi connectivity index (χ0n) is 9.68. The van der Waals surface area contributed by atoms with Gasteiger partial charge in [-0.25, -0.2) is 9.59 Å². The molecular formula is C12H14N2O4. The standard InChI is InChI=1S/C12H14N2O4/c15-10(16)12(7-4-8-13-12)18-11(17)14-9-5-2-1-3-6-9/h1-3,5-6,13H,4,7-8H2,(H,14,17)(H,15,16)/t12-/m1/s1. The van der Waals surface area contributed by atoms with Crippen LogP contribution in [0.3, 0.4) is 0 Å². The molecule has 1 aromatic carbocycles. The van der Waals surface area contributed by atoms with Gasteiger partial charge >= 0.3 is 12.1 Å². The molecule has 18 heavy (non-hydrogen) atoms. The lowest BCUT2D eigenvalue weighted by atomic mass is 10.2. The Morgan fingerprint density at radius 2 is 2.06 bits per heavy atom. The molecule has 6 heteroatoms. The molecule has 1 fully saturated rings. The van der Waals surface area contributed by atoms with Gasteiger partial charge in [0.1, 0.15) is 0 Å². The Balaban J connectivity index is 2.00. The number of carboxylic acids is 1. The number of carboxylic acid groups (broad SMARTS) is 1. The predicted molar refractivity (Wildman–Crippen MR) is 64.1 cm³/mol. The van der Waals surface area contributed by atoms with E-state index in [0.29, 0.717) is 18.7 Å². The Hall–Kier alpha value is -2.08. The van der Waals surface area contributed by atoms with Crippen LogP contribution in [0.15, 0.2) is 30.3 Å². The molecule has 1 amide bonds. The third-order valence-electron chi connectivity index (χ3n) is 2.75. The number of carbonyl (C=O) groups is 2. The first-order valence-electron chi connectivity index (χ1n) is 5.66. The molecule has 0 unspecified atom stereocenters. The summed E-state index contributed by atoms with van der Waals surface area (Å²) in [6.07, 6.45) is 0.146. The topological polar surface area (TPSA) is 87.7 Å². The summed E-state index contributed by atoms with van der Waals surface area (Å²) < 4.78 is 5.00. The first-order chi connectivity index (χ1) is 8.62. The van der Waals surface area contributed by atoms with Crippen LogP contribution in [-0.4, -0.2) is 29.4 Å². The van der Waals surface area contributed by atoms with Crippen molar-refractivity contribution in [1.82, 2.24) is 5.32 Å². The molecule has 96 valence electrons. The molecule has 1 aromatic rings. The van der Waals surface area contributed by atoms with Crippen molar-refractivity contribution in [2.24, 2.45) is 0 Å². The number of rotatable bonds is 3. The van der Waals surface area contributed by atoms with Crippen LogP contribution >= 0.6 is 0 Å². The summed E-state index contributed by atoms with van der Waals surface area (Å²) in [5.41, 5.74) is -1.04. The molecule has 1 atom stereocenters. The van der Waals surface area contributed by atoms with Gasteiger partial charge in [-0.2, -0.15) is 0 Å². The SMILES string of the molecule is O=C(Nc1ccccc1)O[C@@]1(C(=O)O)CCCN1. The van der Waals surface area contributed by atoms with Crippen molar-refractivity contribution < 1.29 is 19.4 Å². The number of ether oxygens (including phenoxy) is 1. The molecule has 1 aliphatic heterocycles. The van der Waals surface area contributed by atoms with E-state index in [1.54, 1.807) is 24.3 Å². The van der Waals surface area contributed by atoms with Gasteiger partial charge in [0.15, 0.2) is 0 Å². The van der Waals surface area contributed by atoms with E-state index in [-0.39, 0.29) is 6.42 Å². The molecular weight excluding hydrogens is 236 g/mol. The highest BCUT2D eigenvalue weighted by Crippen LogP contribution is 2.22. The first kappa shape index (κ1) is 12.4. The molecule has 1 saturated heterocycles. The number of nitrogens with one attached hydrogen (secondary N) is 2. The van der Waals surface area contributed by atoms with Gasteiger partial charge in [0, 0.05) is 12.1 Å². The summed E-state index contributed by atoms with van der Waals surface area (Å²) in [5.74, 6) is -1.18. The number of amides is 1. The molecule has 0 spiro atoms. The van der Waals surface area contributed by atoms with Crippen molar-refractivity contribution in [3.8, 4) is 0 Å². The van der Waals surface area contributed by atoms with Gasteiger partial charge in [-0.1, -0.05) is 18.2 Å². The average molecular weight is 250 g/mol. The quantitative estimate of drug-likeness (QED) is 0.754. The summed E-state index contributed by atoms with van der Waals surface area (Å²) in [4.78, 5) is 22.8. The second-order valence-electron chi connectivity index (χ2n) is 4.04.